The Bertz CT molecular complexity index is 407. The largest absolute Gasteiger partial charge is 0.418 e. The van der Waals surface area contributed by atoms with Crippen LogP contribution in [-0.4, -0.2) is 30.6 Å². The van der Waals surface area contributed by atoms with Crippen molar-refractivity contribution in [3.05, 3.63) is 29.8 Å². The van der Waals surface area contributed by atoms with E-state index in [0.29, 0.717) is 6.04 Å². The number of hydrogen-bond acceptors (Lipinski definition) is 2. The second-order valence-corrected chi connectivity index (χ2v) is 4.91. The molecule has 0 aromatic heterocycles. The molecule has 1 aromatic rings. The van der Waals surface area contributed by atoms with Crippen LogP contribution in [0, 0.1) is 0 Å². The quantitative estimate of drug-likeness (QED) is 0.876. The zero-order chi connectivity index (χ0) is 13.3. The first-order chi connectivity index (χ1) is 8.38. The maximum atomic E-state index is 12.8. The third kappa shape index (κ3) is 2.77. The maximum absolute atomic E-state index is 12.8. The molecule has 1 aliphatic heterocycles. The Morgan fingerprint density at radius 3 is 2.50 bits per heavy atom. The van der Waals surface area contributed by atoms with Crippen LogP contribution in [0.4, 0.5) is 18.9 Å². The fraction of sp³-hybridized carbons (Fsp3) is 0.538. The highest BCUT2D eigenvalue weighted by Crippen LogP contribution is 2.35. The number of likely N-dealkylation sites (tertiary alicyclic amines) is 1. The second kappa shape index (κ2) is 4.80. The van der Waals surface area contributed by atoms with Crippen molar-refractivity contribution in [1.82, 2.24) is 4.90 Å². The van der Waals surface area contributed by atoms with Crippen LogP contribution < -0.4 is 5.32 Å². The minimum absolute atomic E-state index is 0.0773. The van der Waals surface area contributed by atoms with Gasteiger partial charge in [-0.2, -0.15) is 13.2 Å². The summed E-state index contributed by atoms with van der Waals surface area (Å²) in [7, 11) is 1.99. The third-order valence-corrected chi connectivity index (χ3v) is 3.48. The van der Waals surface area contributed by atoms with Gasteiger partial charge in [0.25, 0.3) is 0 Å². The van der Waals surface area contributed by atoms with Gasteiger partial charge in [0.1, 0.15) is 0 Å². The molecule has 2 rings (SSSR count). The summed E-state index contributed by atoms with van der Waals surface area (Å²) in [6.45, 7) is 2.85. The van der Waals surface area contributed by atoms with E-state index in [9.17, 15) is 13.2 Å². The van der Waals surface area contributed by atoms with Crippen LogP contribution in [0.15, 0.2) is 24.3 Å². The van der Waals surface area contributed by atoms with Gasteiger partial charge in [-0.15, -0.1) is 0 Å². The lowest BCUT2D eigenvalue weighted by molar-refractivity contribution is -0.137. The van der Waals surface area contributed by atoms with Crippen molar-refractivity contribution in [3.8, 4) is 0 Å². The van der Waals surface area contributed by atoms with Crippen molar-refractivity contribution in [2.45, 2.75) is 31.6 Å². The molecule has 2 nitrogen and oxygen atoms in total. The van der Waals surface area contributed by atoms with Crippen LogP contribution in [-0.2, 0) is 6.18 Å². The van der Waals surface area contributed by atoms with Gasteiger partial charge < -0.3 is 10.2 Å². The normalized spacial score (nSPS) is 25.4. The van der Waals surface area contributed by atoms with Crippen molar-refractivity contribution in [1.29, 1.82) is 0 Å². The second-order valence-electron chi connectivity index (χ2n) is 4.91. The number of nitrogens with one attached hydrogen (secondary N) is 1. The minimum atomic E-state index is -4.31. The Hall–Kier alpha value is -1.23. The molecule has 0 saturated carbocycles. The average Bonchev–Trinajstić information content (AvgIpc) is 2.57. The Kier molecular flexibility index (Phi) is 3.52. The molecular formula is C13H17F3N2. The van der Waals surface area contributed by atoms with Gasteiger partial charge in [-0.25, -0.2) is 0 Å². The molecule has 1 heterocycles. The zero-order valence-electron chi connectivity index (χ0n) is 10.5. The van der Waals surface area contributed by atoms with Crippen LogP contribution in [0.3, 0.4) is 0 Å². The van der Waals surface area contributed by atoms with E-state index in [1.807, 2.05) is 7.05 Å². The highest BCUT2D eigenvalue weighted by molar-refractivity contribution is 5.53. The van der Waals surface area contributed by atoms with Crippen LogP contribution in [0.2, 0.25) is 0 Å². The van der Waals surface area contributed by atoms with Gasteiger partial charge in [0.05, 0.1) is 5.56 Å². The molecule has 2 unspecified atom stereocenters. The molecule has 0 amide bonds. The number of likely N-dealkylation sites (N-methyl/N-ethyl adjacent to an activating group) is 1. The smallest absolute Gasteiger partial charge is 0.380 e. The summed E-state index contributed by atoms with van der Waals surface area (Å²) in [5.74, 6) is 0. The summed E-state index contributed by atoms with van der Waals surface area (Å²) < 4.78 is 38.5. The first-order valence-corrected chi connectivity index (χ1v) is 6.01. The van der Waals surface area contributed by atoms with E-state index in [1.165, 1.54) is 12.1 Å². The van der Waals surface area contributed by atoms with Gasteiger partial charge >= 0.3 is 6.18 Å². The van der Waals surface area contributed by atoms with Crippen molar-refractivity contribution in [2.24, 2.45) is 0 Å². The van der Waals surface area contributed by atoms with Crippen LogP contribution in [0.25, 0.3) is 0 Å². The molecule has 0 bridgehead atoms. The lowest BCUT2D eigenvalue weighted by Gasteiger charge is -2.18. The molecule has 0 aliphatic carbocycles. The minimum Gasteiger partial charge on any atom is -0.380 e. The van der Waals surface area contributed by atoms with Crippen molar-refractivity contribution >= 4 is 5.69 Å². The number of para-hydroxylation sites is 1. The molecule has 18 heavy (non-hydrogen) atoms. The third-order valence-electron chi connectivity index (χ3n) is 3.48. The van der Waals surface area contributed by atoms with E-state index in [2.05, 4.69) is 17.1 Å². The molecule has 1 aromatic carbocycles. The van der Waals surface area contributed by atoms with Crippen LogP contribution >= 0.6 is 0 Å². The fourth-order valence-electron chi connectivity index (χ4n) is 2.37. The van der Waals surface area contributed by atoms with Gasteiger partial charge in [0, 0.05) is 24.3 Å². The first-order valence-electron chi connectivity index (χ1n) is 6.01. The summed E-state index contributed by atoms with van der Waals surface area (Å²) in [5.41, 5.74) is -0.412. The van der Waals surface area contributed by atoms with E-state index < -0.39 is 11.7 Å². The highest BCUT2D eigenvalue weighted by atomic mass is 19.4. The maximum Gasteiger partial charge on any atom is 0.418 e. The number of anilines is 1. The van der Waals surface area contributed by atoms with Crippen molar-refractivity contribution in [2.75, 3.05) is 18.9 Å². The number of rotatable bonds is 2. The summed E-state index contributed by atoms with van der Waals surface area (Å²) in [5, 5.41) is 3.02. The molecule has 1 saturated heterocycles. The van der Waals surface area contributed by atoms with Gasteiger partial charge in [-0.05, 0) is 32.5 Å². The number of halogens is 3. The van der Waals surface area contributed by atoms with Gasteiger partial charge in [0.2, 0.25) is 0 Å². The van der Waals surface area contributed by atoms with E-state index in [4.69, 9.17) is 0 Å². The number of hydrogen-bond donors (Lipinski definition) is 1. The zero-order valence-corrected chi connectivity index (χ0v) is 10.5. The summed E-state index contributed by atoms with van der Waals surface area (Å²) in [6.07, 6.45) is -3.44. The molecule has 0 spiro atoms. The number of alkyl halides is 3. The first kappa shape index (κ1) is 13.2. The monoisotopic (exact) mass is 258 g/mol. The lowest BCUT2D eigenvalue weighted by Crippen LogP contribution is -2.25. The van der Waals surface area contributed by atoms with Crippen molar-refractivity contribution in [3.63, 3.8) is 0 Å². The predicted molar refractivity (Wildman–Crippen MR) is 65.6 cm³/mol. The molecule has 0 radical (unpaired) electrons. The Morgan fingerprint density at radius 1 is 1.28 bits per heavy atom. The molecule has 1 fully saturated rings. The van der Waals surface area contributed by atoms with E-state index in [1.54, 1.807) is 6.07 Å². The Morgan fingerprint density at radius 2 is 1.94 bits per heavy atom. The molecule has 1 aliphatic rings. The van der Waals surface area contributed by atoms with E-state index in [-0.39, 0.29) is 11.7 Å². The summed E-state index contributed by atoms with van der Waals surface area (Å²) in [4.78, 5) is 2.15. The average molecular weight is 258 g/mol. The highest BCUT2D eigenvalue weighted by Gasteiger charge is 2.34. The van der Waals surface area contributed by atoms with Crippen LogP contribution in [0.5, 0.6) is 0 Å². The standard InChI is InChI=1S/C13H17F3N2/c1-9-7-10(8-18(9)2)17-12-6-4-3-5-11(12)13(14,15)16/h3-6,9-10,17H,7-8H2,1-2H3. The van der Waals surface area contributed by atoms with Crippen molar-refractivity contribution < 1.29 is 13.2 Å². The Labute approximate surface area is 105 Å². The molecule has 5 heteroatoms. The van der Waals surface area contributed by atoms with E-state index >= 15 is 0 Å². The molecular weight excluding hydrogens is 241 g/mol. The van der Waals surface area contributed by atoms with Crippen LogP contribution in [0.1, 0.15) is 18.9 Å². The topological polar surface area (TPSA) is 15.3 Å². The Balaban J connectivity index is 2.15. The summed E-state index contributed by atoms with van der Waals surface area (Å²) >= 11 is 0. The predicted octanol–water partition coefficient (Wildman–Crippen LogP) is 3.21. The molecule has 100 valence electrons. The van der Waals surface area contributed by atoms with E-state index in [0.717, 1.165) is 19.0 Å². The molecule has 2 atom stereocenters. The SMILES string of the molecule is CC1CC(Nc2ccccc2C(F)(F)F)CN1C. The number of benzene rings is 1. The molecule has 1 N–H and O–H groups in total. The number of nitrogens with zero attached hydrogens (tertiary/aromatic N) is 1. The van der Waals surface area contributed by atoms with Gasteiger partial charge in [0.15, 0.2) is 0 Å². The fourth-order valence-corrected chi connectivity index (χ4v) is 2.37. The van der Waals surface area contributed by atoms with Gasteiger partial charge in [-0.3, -0.25) is 0 Å². The summed E-state index contributed by atoms with van der Waals surface area (Å²) in [6, 6.07) is 6.13. The lowest BCUT2D eigenvalue weighted by atomic mass is 10.1. The van der Waals surface area contributed by atoms with Gasteiger partial charge in [-0.1, -0.05) is 12.1 Å².